The monoisotopic (exact) mass is 276 g/mol. The maximum absolute atomic E-state index is 4.77. The third-order valence-corrected chi connectivity index (χ3v) is 3.89. The van der Waals surface area contributed by atoms with Crippen LogP contribution in [0, 0.1) is 0 Å². The van der Waals surface area contributed by atoms with E-state index in [2.05, 4.69) is 42.0 Å². The summed E-state index contributed by atoms with van der Waals surface area (Å²) < 4.78 is 0. The standard InChI is InChI=1S/C16H28N4/c1-4-10-17-16-12-14(13-7-8-13)18-15(19-16)9-11-20(5-2)6-3/h12-13H,4-11H2,1-3H3,(H,17,18,19). The molecule has 20 heavy (non-hydrogen) atoms. The predicted octanol–water partition coefficient (Wildman–Crippen LogP) is 3.06. The van der Waals surface area contributed by atoms with Gasteiger partial charge in [0.2, 0.25) is 0 Å². The molecule has 4 nitrogen and oxygen atoms in total. The quantitative estimate of drug-likeness (QED) is 0.752. The summed E-state index contributed by atoms with van der Waals surface area (Å²) in [6.07, 6.45) is 4.65. The summed E-state index contributed by atoms with van der Waals surface area (Å²) in [5.74, 6) is 2.70. The first kappa shape index (κ1) is 15.2. The minimum Gasteiger partial charge on any atom is -0.370 e. The van der Waals surface area contributed by atoms with Gasteiger partial charge in [0.1, 0.15) is 11.6 Å². The van der Waals surface area contributed by atoms with E-state index in [1.165, 1.54) is 18.5 Å². The van der Waals surface area contributed by atoms with E-state index in [9.17, 15) is 0 Å². The van der Waals surface area contributed by atoms with Crippen molar-refractivity contribution in [1.82, 2.24) is 14.9 Å². The molecule has 1 aliphatic carbocycles. The molecule has 112 valence electrons. The van der Waals surface area contributed by atoms with Crippen LogP contribution in [0.25, 0.3) is 0 Å². The summed E-state index contributed by atoms with van der Waals surface area (Å²) in [6.45, 7) is 10.8. The number of anilines is 1. The molecule has 0 spiro atoms. The Morgan fingerprint density at radius 3 is 2.55 bits per heavy atom. The molecule has 1 aliphatic rings. The van der Waals surface area contributed by atoms with Crippen molar-refractivity contribution in [3.05, 3.63) is 17.6 Å². The van der Waals surface area contributed by atoms with Gasteiger partial charge in [0.05, 0.1) is 0 Å². The van der Waals surface area contributed by atoms with Crippen LogP contribution in [0.15, 0.2) is 6.07 Å². The molecule has 1 aromatic heterocycles. The molecule has 1 N–H and O–H groups in total. The van der Waals surface area contributed by atoms with Crippen molar-refractivity contribution in [2.24, 2.45) is 0 Å². The summed E-state index contributed by atoms with van der Waals surface area (Å²) in [4.78, 5) is 11.9. The minimum atomic E-state index is 0.687. The zero-order valence-electron chi connectivity index (χ0n) is 13.2. The predicted molar refractivity (Wildman–Crippen MR) is 84.3 cm³/mol. The molecule has 1 heterocycles. The van der Waals surface area contributed by atoms with Gasteiger partial charge in [-0.05, 0) is 32.4 Å². The molecule has 0 saturated heterocycles. The molecule has 1 fully saturated rings. The molecule has 0 aromatic carbocycles. The maximum Gasteiger partial charge on any atom is 0.132 e. The van der Waals surface area contributed by atoms with Gasteiger partial charge < -0.3 is 10.2 Å². The molecule has 0 aliphatic heterocycles. The molecule has 0 amide bonds. The number of nitrogens with one attached hydrogen (secondary N) is 1. The topological polar surface area (TPSA) is 41.1 Å². The Morgan fingerprint density at radius 2 is 1.95 bits per heavy atom. The van der Waals surface area contributed by atoms with Gasteiger partial charge in [-0.25, -0.2) is 9.97 Å². The van der Waals surface area contributed by atoms with Crippen molar-refractivity contribution < 1.29 is 0 Å². The van der Waals surface area contributed by atoms with Gasteiger partial charge in [-0.1, -0.05) is 20.8 Å². The summed E-state index contributed by atoms with van der Waals surface area (Å²) in [5.41, 5.74) is 1.24. The minimum absolute atomic E-state index is 0.687. The van der Waals surface area contributed by atoms with E-state index in [1.807, 2.05) is 0 Å². The van der Waals surface area contributed by atoms with Crippen molar-refractivity contribution in [2.45, 2.75) is 52.4 Å². The molecular weight excluding hydrogens is 248 g/mol. The second-order valence-corrected chi connectivity index (χ2v) is 5.57. The van der Waals surface area contributed by atoms with E-state index < -0.39 is 0 Å². The number of hydrogen-bond donors (Lipinski definition) is 1. The Bertz CT molecular complexity index is 411. The Labute approximate surface area is 123 Å². The molecule has 0 atom stereocenters. The van der Waals surface area contributed by atoms with Gasteiger partial charge in [0.25, 0.3) is 0 Å². The van der Waals surface area contributed by atoms with Crippen molar-refractivity contribution >= 4 is 5.82 Å². The maximum atomic E-state index is 4.77. The SMILES string of the molecule is CCCNc1cc(C2CC2)nc(CCN(CC)CC)n1. The number of aromatic nitrogens is 2. The molecule has 0 bridgehead atoms. The molecule has 1 aromatic rings. The summed E-state index contributed by atoms with van der Waals surface area (Å²) >= 11 is 0. The lowest BCUT2D eigenvalue weighted by Gasteiger charge is -2.17. The van der Waals surface area contributed by atoms with Crippen molar-refractivity contribution in [3.8, 4) is 0 Å². The lowest BCUT2D eigenvalue weighted by molar-refractivity contribution is 0.305. The number of likely N-dealkylation sites (N-methyl/N-ethyl adjacent to an activating group) is 1. The van der Waals surface area contributed by atoms with Gasteiger partial charge >= 0.3 is 0 Å². The molecular formula is C16H28N4. The lowest BCUT2D eigenvalue weighted by atomic mass is 10.2. The van der Waals surface area contributed by atoms with Crippen LogP contribution in [-0.2, 0) is 6.42 Å². The van der Waals surface area contributed by atoms with Gasteiger partial charge in [0.15, 0.2) is 0 Å². The first-order valence-electron chi connectivity index (χ1n) is 8.10. The van der Waals surface area contributed by atoms with Crippen LogP contribution in [0.5, 0.6) is 0 Å². The first-order chi connectivity index (χ1) is 9.76. The highest BCUT2D eigenvalue weighted by molar-refractivity contribution is 5.38. The fourth-order valence-corrected chi connectivity index (χ4v) is 2.36. The van der Waals surface area contributed by atoms with Crippen LogP contribution in [0.3, 0.4) is 0 Å². The van der Waals surface area contributed by atoms with Crippen molar-refractivity contribution in [3.63, 3.8) is 0 Å². The molecule has 0 unspecified atom stereocenters. The van der Waals surface area contributed by atoms with Crippen LogP contribution in [0.4, 0.5) is 5.82 Å². The van der Waals surface area contributed by atoms with Crippen molar-refractivity contribution in [1.29, 1.82) is 0 Å². The van der Waals surface area contributed by atoms with E-state index in [4.69, 9.17) is 4.98 Å². The van der Waals surface area contributed by atoms with Gasteiger partial charge in [-0.2, -0.15) is 0 Å². The van der Waals surface area contributed by atoms with E-state index in [-0.39, 0.29) is 0 Å². The Hall–Kier alpha value is -1.16. The zero-order valence-corrected chi connectivity index (χ0v) is 13.2. The third kappa shape index (κ3) is 4.44. The fourth-order valence-electron chi connectivity index (χ4n) is 2.36. The van der Waals surface area contributed by atoms with Crippen LogP contribution in [0.2, 0.25) is 0 Å². The molecule has 2 rings (SSSR count). The van der Waals surface area contributed by atoms with Gasteiger partial charge in [-0.3, -0.25) is 0 Å². The molecule has 4 heteroatoms. The number of rotatable bonds is 9. The Morgan fingerprint density at radius 1 is 1.20 bits per heavy atom. The molecule has 1 saturated carbocycles. The average Bonchev–Trinajstić information content (AvgIpc) is 3.30. The average molecular weight is 276 g/mol. The van der Waals surface area contributed by atoms with Crippen LogP contribution in [0.1, 0.15) is 57.5 Å². The zero-order chi connectivity index (χ0) is 14.4. The summed E-state index contributed by atoms with van der Waals surface area (Å²) in [5, 5.41) is 3.41. The van der Waals surface area contributed by atoms with E-state index in [0.717, 1.165) is 50.7 Å². The smallest absolute Gasteiger partial charge is 0.132 e. The second kappa shape index (κ2) is 7.58. The Kier molecular flexibility index (Phi) is 5.77. The highest BCUT2D eigenvalue weighted by Crippen LogP contribution is 2.39. The lowest BCUT2D eigenvalue weighted by Crippen LogP contribution is -2.26. The van der Waals surface area contributed by atoms with Crippen LogP contribution in [-0.4, -0.2) is 41.0 Å². The van der Waals surface area contributed by atoms with E-state index in [1.54, 1.807) is 0 Å². The van der Waals surface area contributed by atoms with Crippen LogP contribution < -0.4 is 5.32 Å². The molecule has 0 radical (unpaired) electrons. The van der Waals surface area contributed by atoms with Crippen LogP contribution >= 0.6 is 0 Å². The largest absolute Gasteiger partial charge is 0.370 e. The normalized spacial score (nSPS) is 14.8. The fraction of sp³-hybridized carbons (Fsp3) is 0.750. The highest BCUT2D eigenvalue weighted by Gasteiger charge is 2.26. The first-order valence-corrected chi connectivity index (χ1v) is 8.10. The van der Waals surface area contributed by atoms with Gasteiger partial charge in [0, 0.05) is 37.2 Å². The Balaban J connectivity index is 2.03. The summed E-state index contributed by atoms with van der Waals surface area (Å²) in [7, 11) is 0. The van der Waals surface area contributed by atoms with Crippen molar-refractivity contribution in [2.75, 3.05) is 31.5 Å². The van der Waals surface area contributed by atoms with E-state index in [0.29, 0.717) is 5.92 Å². The summed E-state index contributed by atoms with van der Waals surface area (Å²) in [6, 6.07) is 2.15. The number of hydrogen-bond acceptors (Lipinski definition) is 4. The third-order valence-electron chi connectivity index (χ3n) is 3.89. The van der Waals surface area contributed by atoms with Gasteiger partial charge in [-0.15, -0.1) is 0 Å². The highest BCUT2D eigenvalue weighted by atomic mass is 15.1. The second-order valence-electron chi connectivity index (χ2n) is 5.57. The number of nitrogens with zero attached hydrogens (tertiary/aromatic N) is 3. The van der Waals surface area contributed by atoms with E-state index >= 15 is 0 Å².